The fourth-order valence-corrected chi connectivity index (χ4v) is 5.00. The van der Waals surface area contributed by atoms with Crippen LogP contribution in [0.2, 0.25) is 23.3 Å². The number of carbonyl (C=O) groups is 1. The number of nitrogens with one attached hydrogen (secondary N) is 1. The SMILES string of the molecule is Cn1c(=O)n(CCC(O[Si](C)(C)C(C)(C)C)C(=O)O)c2cc(Nc3ccnc(Cl)c3C#N)ccc21. The quantitative estimate of drug-likeness (QED) is 0.324. The number of aromatic nitrogens is 3. The van der Waals surface area contributed by atoms with Crippen molar-refractivity contribution in [2.45, 2.75) is 58.0 Å². The summed E-state index contributed by atoms with van der Waals surface area (Å²) in [5, 5.41) is 22.3. The second-order valence-electron chi connectivity index (χ2n) is 9.95. The van der Waals surface area contributed by atoms with Crippen molar-refractivity contribution in [3.63, 3.8) is 0 Å². The van der Waals surface area contributed by atoms with Gasteiger partial charge in [-0.05, 0) is 42.4 Å². The number of rotatable bonds is 8. The van der Waals surface area contributed by atoms with Gasteiger partial charge in [0.1, 0.15) is 22.9 Å². The number of anilines is 2. The second kappa shape index (κ2) is 9.85. The maximum Gasteiger partial charge on any atom is 0.331 e. The lowest BCUT2D eigenvalue weighted by atomic mass is 10.2. The zero-order valence-corrected chi connectivity index (χ0v) is 22.5. The fourth-order valence-electron chi connectivity index (χ4n) is 3.52. The number of imidazole rings is 1. The number of aryl methyl sites for hydroxylation is 2. The highest BCUT2D eigenvalue weighted by molar-refractivity contribution is 6.74. The number of benzene rings is 1. The Labute approximate surface area is 210 Å². The zero-order valence-electron chi connectivity index (χ0n) is 20.7. The average molecular weight is 516 g/mol. The summed E-state index contributed by atoms with van der Waals surface area (Å²) >= 11 is 6.03. The molecule has 0 saturated carbocycles. The van der Waals surface area contributed by atoms with E-state index in [1.165, 1.54) is 10.8 Å². The molecule has 0 bridgehead atoms. The molecule has 1 atom stereocenters. The predicted octanol–water partition coefficient (Wildman–Crippen LogP) is 4.87. The number of nitriles is 1. The summed E-state index contributed by atoms with van der Waals surface area (Å²) in [7, 11) is -0.651. The zero-order chi connectivity index (χ0) is 26.1. The monoisotopic (exact) mass is 515 g/mol. The molecule has 2 heterocycles. The third-order valence-corrected chi connectivity index (χ3v) is 11.3. The van der Waals surface area contributed by atoms with E-state index in [-0.39, 0.29) is 34.4 Å². The molecule has 11 heteroatoms. The number of hydrogen-bond donors (Lipinski definition) is 2. The number of nitrogens with zero attached hydrogens (tertiary/aromatic N) is 4. The van der Waals surface area contributed by atoms with Gasteiger partial charge in [-0.25, -0.2) is 14.6 Å². The lowest BCUT2D eigenvalue weighted by molar-refractivity contribution is -0.146. The molecular weight excluding hydrogens is 486 g/mol. The molecule has 0 aliphatic rings. The maximum absolute atomic E-state index is 13.0. The molecule has 0 saturated heterocycles. The van der Waals surface area contributed by atoms with E-state index in [1.54, 1.807) is 35.9 Å². The molecule has 2 aromatic heterocycles. The molecule has 1 unspecified atom stereocenters. The summed E-state index contributed by atoms with van der Waals surface area (Å²) < 4.78 is 9.21. The van der Waals surface area contributed by atoms with Crippen LogP contribution in [0.5, 0.6) is 0 Å². The maximum atomic E-state index is 13.0. The number of halogens is 1. The van der Waals surface area contributed by atoms with Crippen molar-refractivity contribution >= 4 is 48.3 Å². The number of pyridine rings is 1. The number of aliphatic carboxylic acids is 1. The van der Waals surface area contributed by atoms with E-state index >= 15 is 0 Å². The molecule has 0 aliphatic heterocycles. The first-order chi connectivity index (χ1) is 16.3. The molecule has 0 fully saturated rings. The lowest BCUT2D eigenvalue weighted by Gasteiger charge is -2.38. The molecular formula is C24H30ClN5O4Si. The highest BCUT2D eigenvalue weighted by Crippen LogP contribution is 2.37. The predicted molar refractivity (Wildman–Crippen MR) is 139 cm³/mol. The van der Waals surface area contributed by atoms with Crippen molar-refractivity contribution in [3.8, 4) is 6.07 Å². The first kappa shape index (κ1) is 26.5. The first-order valence-corrected chi connectivity index (χ1v) is 14.5. The molecule has 186 valence electrons. The van der Waals surface area contributed by atoms with Crippen LogP contribution in [0.15, 0.2) is 35.3 Å². The fraction of sp³-hybridized carbons (Fsp3) is 0.417. The van der Waals surface area contributed by atoms with Gasteiger partial charge in [0, 0.05) is 31.9 Å². The molecule has 0 amide bonds. The van der Waals surface area contributed by atoms with Crippen molar-refractivity contribution in [2.75, 3.05) is 5.32 Å². The Kier molecular flexibility index (Phi) is 7.45. The van der Waals surface area contributed by atoms with Crippen LogP contribution >= 0.6 is 11.6 Å². The average Bonchev–Trinajstić information content (AvgIpc) is 3.00. The van der Waals surface area contributed by atoms with Crippen molar-refractivity contribution < 1.29 is 14.3 Å². The minimum absolute atomic E-state index is 0.0941. The molecule has 35 heavy (non-hydrogen) atoms. The number of carboxylic acids is 1. The van der Waals surface area contributed by atoms with Gasteiger partial charge in [0.25, 0.3) is 0 Å². The lowest BCUT2D eigenvalue weighted by Crippen LogP contribution is -2.46. The largest absolute Gasteiger partial charge is 0.479 e. The summed E-state index contributed by atoms with van der Waals surface area (Å²) in [5.41, 5.74) is 2.43. The Morgan fingerprint density at radius 2 is 2.00 bits per heavy atom. The highest BCUT2D eigenvalue weighted by Gasteiger charge is 2.40. The first-order valence-electron chi connectivity index (χ1n) is 11.2. The van der Waals surface area contributed by atoms with Gasteiger partial charge in [-0.1, -0.05) is 32.4 Å². The van der Waals surface area contributed by atoms with E-state index in [4.69, 9.17) is 16.0 Å². The Morgan fingerprint density at radius 3 is 2.60 bits per heavy atom. The van der Waals surface area contributed by atoms with Gasteiger partial charge in [-0.3, -0.25) is 9.13 Å². The Morgan fingerprint density at radius 1 is 1.31 bits per heavy atom. The second-order valence-corrected chi connectivity index (χ2v) is 15.1. The number of fused-ring (bicyclic) bond motifs is 1. The molecule has 0 aliphatic carbocycles. The van der Waals surface area contributed by atoms with Crippen LogP contribution in [-0.2, 0) is 22.8 Å². The van der Waals surface area contributed by atoms with Gasteiger partial charge in [-0.15, -0.1) is 0 Å². The van der Waals surface area contributed by atoms with Crippen LogP contribution in [0.25, 0.3) is 11.0 Å². The van der Waals surface area contributed by atoms with E-state index in [0.717, 1.165) is 0 Å². The molecule has 0 radical (unpaired) electrons. The number of carboxylic acid groups (broad SMARTS) is 1. The standard InChI is InChI=1S/C24H30ClN5O4Si/c1-24(2,3)35(5,6)34-20(22(31)32)10-12-30-19-13-15(7-8-18(19)29(4)23(30)33)28-17-9-11-27-21(25)16(17)14-26/h7-9,11,13,20H,10,12H2,1-6H3,(H,27,28)(H,31,32). The van der Waals surface area contributed by atoms with Crippen LogP contribution in [0, 0.1) is 11.3 Å². The summed E-state index contributed by atoms with van der Waals surface area (Å²) in [6.07, 6.45) is 0.630. The van der Waals surface area contributed by atoms with E-state index in [0.29, 0.717) is 22.4 Å². The van der Waals surface area contributed by atoms with Crippen LogP contribution in [0.3, 0.4) is 0 Å². The van der Waals surface area contributed by atoms with Crippen LogP contribution in [0.1, 0.15) is 32.8 Å². The third kappa shape index (κ3) is 5.42. The topological polar surface area (TPSA) is 122 Å². The van der Waals surface area contributed by atoms with E-state index in [2.05, 4.69) is 31.1 Å². The van der Waals surface area contributed by atoms with Gasteiger partial charge in [0.15, 0.2) is 8.32 Å². The minimum atomic E-state index is -2.32. The van der Waals surface area contributed by atoms with Crippen molar-refractivity contribution in [2.24, 2.45) is 7.05 Å². The Balaban J connectivity index is 1.93. The van der Waals surface area contributed by atoms with E-state index in [1.807, 2.05) is 19.2 Å². The summed E-state index contributed by atoms with van der Waals surface area (Å²) in [5.74, 6) is -1.04. The van der Waals surface area contributed by atoms with Gasteiger partial charge in [0.05, 0.1) is 16.7 Å². The van der Waals surface area contributed by atoms with E-state index < -0.39 is 20.4 Å². The van der Waals surface area contributed by atoms with Crippen LogP contribution in [0.4, 0.5) is 11.4 Å². The third-order valence-electron chi connectivity index (χ3n) is 6.57. The highest BCUT2D eigenvalue weighted by atomic mass is 35.5. The van der Waals surface area contributed by atoms with Crippen molar-refractivity contribution in [1.29, 1.82) is 5.26 Å². The molecule has 3 aromatic rings. The van der Waals surface area contributed by atoms with Gasteiger partial charge in [-0.2, -0.15) is 5.26 Å². The normalized spacial score (nSPS) is 13.0. The van der Waals surface area contributed by atoms with Crippen LogP contribution in [-0.4, -0.2) is 39.6 Å². The summed E-state index contributed by atoms with van der Waals surface area (Å²) in [6.45, 7) is 10.3. The smallest absolute Gasteiger partial charge is 0.331 e. The van der Waals surface area contributed by atoms with Crippen molar-refractivity contribution in [1.82, 2.24) is 14.1 Å². The van der Waals surface area contributed by atoms with Gasteiger partial charge in [0.2, 0.25) is 0 Å². The molecule has 9 nitrogen and oxygen atoms in total. The molecule has 1 aromatic carbocycles. The van der Waals surface area contributed by atoms with E-state index in [9.17, 15) is 20.0 Å². The van der Waals surface area contributed by atoms with Crippen molar-refractivity contribution in [3.05, 3.63) is 51.7 Å². The Bertz CT molecular complexity index is 1370. The molecule has 3 rings (SSSR count). The molecule has 0 spiro atoms. The van der Waals surface area contributed by atoms with Crippen LogP contribution < -0.4 is 11.0 Å². The van der Waals surface area contributed by atoms with Gasteiger partial charge >= 0.3 is 11.7 Å². The minimum Gasteiger partial charge on any atom is -0.479 e. The summed E-state index contributed by atoms with van der Waals surface area (Å²) in [4.78, 5) is 28.9. The molecule has 2 N–H and O–H groups in total. The Hall–Kier alpha value is -3.13. The number of hydrogen-bond acceptors (Lipinski definition) is 6. The van der Waals surface area contributed by atoms with Gasteiger partial charge < -0.3 is 14.8 Å². The summed E-state index contributed by atoms with van der Waals surface area (Å²) in [6, 6.07) is 9.06.